The fourth-order valence-corrected chi connectivity index (χ4v) is 7.01. The fourth-order valence-electron chi connectivity index (χ4n) is 6.63. The molecule has 10 heteroatoms. The van der Waals surface area contributed by atoms with Crippen LogP contribution in [0.25, 0.3) is 0 Å². The number of aldehydes is 1. The zero-order valence-corrected chi connectivity index (χ0v) is 26.6. The highest BCUT2D eigenvalue weighted by atomic mass is 79.9. The highest BCUT2D eigenvalue weighted by Crippen LogP contribution is 2.46. The van der Waals surface area contributed by atoms with Crippen molar-refractivity contribution in [3.63, 3.8) is 0 Å². The van der Waals surface area contributed by atoms with Crippen molar-refractivity contribution in [1.29, 1.82) is 0 Å². The first kappa shape index (κ1) is 31.7. The third-order valence-electron chi connectivity index (χ3n) is 8.98. The van der Waals surface area contributed by atoms with Gasteiger partial charge in [0, 0.05) is 53.3 Å². The smallest absolute Gasteiger partial charge is 0.280 e. The number of hydrogen-bond acceptors (Lipinski definition) is 6. The molecule has 1 amide bonds. The Morgan fingerprint density at radius 1 is 1.07 bits per heavy atom. The number of likely N-dealkylation sites (tertiary alicyclic amines) is 2. The molecule has 2 aliphatic heterocycles. The number of hydrogen-bond donors (Lipinski definition) is 3. The van der Waals surface area contributed by atoms with Gasteiger partial charge in [0.1, 0.15) is 17.8 Å². The van der Waals surface area contributed by atoms with Gasteiger partial charge >= 0.3 is 0 Å². The van der Waals surface area contributed by atoms with Crippen LogP contribution < -0.4 is 5.73 Å². The number of guanidine groups is 1. The number of carbonyl (C=O) groups excluding carboxylic acids is 2. The monoisotopic (exact) mass is 661 g/mol. The second-order valence-electron chi connectivity index (χ2n) is 12.0. The van der Waals surface area contributed by atoms with Crippen molar-refractivity contribution in [2.24, 2.45) is 22.6 Å². The Labute approximate surface area is 266 Å². The number of aromatic hydroxyl groups is 2. The number of phenolic OH excluding ortho intramolecular Hbond substituents is 2. The first-order chi connectivity index (χ1) is 21.2. The van der Waals surface area contributed by atoms with Gasteiger partial charge in [0.25, 0.3) is 5.91 Å². The predicted octanol–water partition coefficient (Wildman–Crippen LogP) is 4.88. The van der Waals surface area contributed by atoms with Crippen LogP contribution in [-0.2, 0) is 17.6 Å². The summed E-state index contributed by atoms with van der Waals surface area (Å²) in [5.41, 5.74) is 10.7. The maximum absolute atomic E-state index is 11.9. The van der Waals surface area contributed by atoms with Gasteiger partial charge in [-0.3, -0.25) is 9.78 Å². The first-order valence-corrected chi connectivity index (χ1v) is 16.0. The Balaban J connectivity index is 0.000000182. The Hall–Kier alpha value is -3.76. The van der Waals surface area contributed by atoms with Crippen molar-refractivity contribution >= 4 is 34.1 Å². The molecule has 3 aromatic rings. The minimum absolute atomic E-state index is 0.0925. The van der Waals surface area contributed by atoms with Crippen LogP contribution in [0.15, 0.2) is 64.2 Å². The number of aliphatic imine (C=N–C) groups is 1. The second kappa shape index (κ2) is 14.3. The number of piperidine rings is 1. The molecular weight excluding hydrogens is 622 g/mol. The van der Waals surface area contributed by atoms with Crippen LogP contribution in [0, 0.1) is 11.8 Å². The SMILES string of the molecule is CN1CCC(C2c3ncc(Br)cc3CCc3cc(O)cc(O)c32)CC1.NC(=NC(=O)c1ccccc1)N1CCC(CC=O)C1. The molecular formula is C34H40BrN5O4. The van der Waals surface area contributed by atoms with Crippen molar-refractivity contribution in [2.45, 2.75) is 44.4 Å². The van der Waals surface area contributed by atoms with Crippen LogP contribution in [0.2, 0.25) is 0 Å². The van der Waals surface area contributed by atoms with Gasteiger partial charge in [0.2, 0.25) is 0 Å². The molecule has 2 fully saturated rings. The molecule has 2 unspecified atom stereocenters. The topological polar surface area (TPSA) is 132 Å². The van der Waals surface area contributed by atoms with Crippen molar-refractivity contribution in [2.75, 3.05) is 33.2 Å². The summed E-state index contributed by atoms with van der Waals surface area (Å²) in [7, 11) is 2.16. The number of benzene rings is 2. The number of aryl methyl sites for hydroxylation is 2. The van der Waals surface area contributed by atoms with E-state index in [0.717, 1.165) is 79.3 Å². The minimum atomic E-state index is -0.336. The maximum atomic E-state index is 11.9. The van der Waals surface area contributed by atoms with Crippen LogP contribution in [0.4, 0.5) is 0 Å². The van der Waals surface area contributed by atoms with Gasteiger partial charge in [-0.05, 0) is 115 Å². The van der Waals surface area contributed by atoms with Crippen molar-refractivity contribution < 1.29 is 19.8 Å². The first-order valence-electron chi connectivity index (χ1n) is 15.2. The molecule has 2 atom stereocenters. The Morgan fingerprint density at radius 2 is 1.80 bits per heavy atom. The molecule has 9 nitrogen and oxygen atoms in total. The van der Waals surface area contributed by atoms with E-state index in [0.29, 0.717) is 30.4 Å². The highest BCUT2D eigenvalue weighted by Gasteiger charge is 2.35. The number of nitrogens with two attached hydrogens (primary N) is 1. The number of fused-ring (bicyclic) bond motifs is 2. The van der Waals surface area contributed by atoms with Gasteiger partial charge in [-0.2, -0.15) is 4.99 Å². The zero-order valence-electron chi connectivity index (χ0n) is 25.0. The van der Waals surface area contributed by atoms with Crippen LogP contribution >= 0.6 is 15.9 Å². The van der Waals surface area contributed by atoms with Gasteiger partial charge in [-0.15, -0.1) is 0 Å². The van der Waals surface area contributed by atoms with Gasteiger partial charge in [-0.25, -0.2) is 0 Å². The standard InChI is InChI=1S/C20H23BrN2O2.C14H17N3O2/c1-23-6-4-12(5-7-23)19-18-13(9-16(24)10-17(18)25)2-3-14-8-15(21)11-22-20(14)19;15-14(17-8-6-11(10-17)7-9-18)16-13(19)12-4-2-1-3-5-12/h8-12,19,24-25H,2-7H2,1H3;1-5,9,11H,6-8,10H2,(H2,15,16,19). The summed E-state index contributed by atoms with van der Waals surface area (Å²) in [6.45, 7) is 3.58. The maximum Gasteiger partial charge on any atom is 0.280 e. The summed E-state index contributed by atoms with van der Waals surface area (Å²) in [6, 6.07) is 14.3. The molecule has 6 rings (SSSR count). The van der Waals surface area contributed by atoms with Crippen LogP contribution in [0.5, 0.6) is 11.5 Å². The molecule has 44 heavy (non-hydrogen) atoms. The second-order valence-corrected chi connectivity index (χ2v) is 12.9. The molecule has 2 aromatic carbocycles. The van der Waals surface area contributed by atoms with E-state index in [-0.39, 0.29) is 29.3 Å². The highest BCUT2D eigenvalue weighted by molar-refractivity contribution is 9.10. The summed E-state index contributed by atoms with van der Waals surface area (Å²) >= 11 is 3.54. The van der Waals surface area contributed by atoms with Crippen LogP contribution in [-0.4, -0.2) is 76.4 Å². The number of phenols is 2. The third-order valence-corrected chi connectivity index (χ3v) is 9.41. The Bertz CT molecular complexity index is 1510. The van der Waals surface area contributed by atoms with E-state index in [1.807, 2.05) is 23.2 Å². The quantitative estimate of drug-likeness (QED) is 0.205. The summed E-state index contributed by atoms with van der Waals surface area (Å²) in [4.78, 5) is 35.3. The van der Waals surface area contributed by atoms with E-state index in [4.69, 9.17) is 10.7 Å². The Morgan fingerprint density at radius 3 is 2.52 bits per heavy atom. The summed E-state index contributed by atoms with van der Waals surface area (Å²) in [6.07, 6.45) is 8.12. The molecule has 0 bridgehead atoms. The van der Waals surface area contributed by atoms with Gasteiger partial charge in [-0.1, -0.05) is 18.2 Å². The van der Waals surface area contributed by atoms with E-state index >= 15 is 0 Å². The van der Waals surface area contributed by atoms with Gasteiger partial charge in [0.15, 0.2) is 5.96 Å². The van der Waals surface area contributed by atoms with Crippen molar-refractivity contribution in [1.82, 2.24) is 14.8 Å². The van der Waals surface area contributed by atoms with E-state index in [1.54, 1.807) is 24.3 Å². The summed E-state index contributed by atoms with van der Waals surface area (Å²) in [5, 5.41) is 20.7. The average molecular weight is 663 g/mol. The lowest BCUT2D eigenvalue weighted by Crippen LogP contribution is -2.36. The molecule has 0 radical (unpaired) electrons. The van der Waals surface area contributed by atoms with E-state index in [2.05, 4.69) is 38.9 Å². The summed E-state index contributed by atoms with van der Waals surface area (Å²) in [5.74, 6) is 1.11. The fraction of sp³-hybridized carbons (Fsp3) is 0.412. The number of halogens is 1. The number of amides is 1. The molecule has 0 spiro atoms. The molecule has 4 N–H and O–H groups in total. The molecule has 232 valence electrons. The number of carbonyl (C=O) groups is 2. The molecule has 2 saturated heterocycles. The van der Waals surface area contributed by atoms with E-state index in [1.165, 1.54) is 11.6 Å². The lowest BCUT2D eigenvalue weighted by molar-refractivity contribution is -0.108. The minimum Gasteiger partial charge on any atom is -0.508 e. The normalized spacial score (nSPS) is 20.6. The average Bonchev–Trinajstić information content (AvgIpc) is 3.42. The summed E-state index contributed by atoms with van der Waals surface area (Å²) < 4.78 is 0.992. The number of pyridine rings is 1. The molecule has 3 heterocycles. The molecule has 1 aromatic heterocycles. The molecule has 1 aliphatic carbocycles. The predicted molar refractivity (Wildman–Crippen MR) is 174 cm³/mol. The number of aromatic nitrogens is 1. The Kier molecular flexibility index (Phi) is 10.3. The number of nitrogens with zero attached hydrogens (tertiary/aromatic N) is 4. The molecule has 3 aliphatic rings. The van der Waals surface area contributed by atoms with Crippen LogP contribution in [0.3, 0.4) is 0 Å². The van der Waals surface area contributed by atoms with Crippen molar-refractivity contribution in [3.05, 3.63) is 87.1 Å². The van der Waals surface area contributed by atoms with Gasteiger partial charge in [0.05, 0.1) is 5.69 Å². The van der Waals surface area contributed by atoms with E-state index in [9.17, 15) is 19.8 Å². The lowest BCUT2D eigenvalue weighted by atomic mass is 9.76. The zero-order chi connectivity index (χ0) is 31.2. The van der Waals surface area contributed by atoms with Gasteiger partial charge < -0.3 is 30.5 Å². The lowest BCUT2D eigenvalue weighted by Gasteiger charge is -2.35. The molecule has 0 saturated carbocycles. The van der Waals surface area contributed by atoms with Crippen LogP contribution in [0.1, 0.15) is 64.3 Å². The van der Waals surface area contributed by atoms with Crippen molar-refractivity contribution in [3.8, 4) is 11.5 Å². The van der Waals surface area contributed by atoms with E-state index < -0.39 is 0 Å². The third kappa shape index (κ3) is 7.47. The number of rotatable bonds is 4. The largest absolute Gasteiger partial charge is 0.508 e.